The number of H-pyrrole nitrogens is 1. The lowest BCUT2D eigenvalue weighted by Crippen LogP contribution is -2.15. The Morgan fingerprint density at radius 3 is 2.94 bits per heavy atom. The average Bonchev–Trinajstić information content (AvgIpc) is 2.87. The molecule has 96 valence electrons. The number of aliphatic hydroxyl groups is 1. The highest BCUT2D eigenvalue weighted by atomic mass is 16.5. The quantitative estimate of drug-likeness (QED) is 0.762. The fourth-order valence-electron chi connectivity index (χ4n) is 1.78. The van der Waals surface area contributed by atoms with Crippen molar-refractivity contribution in [3.63, 3.8) is 0 Å². The van der Waals surface area contributed by atoms with E-state index >= 15 is 0 Å². The first-order chi connectivity index (χ1) is 8.65. The number of aliphatic hydroxyl groups excluding tert-OH is 1. The van der Waals surface area contributed by atoms with Crippen molar-refractivity contribution in [3.8, 4) is 17.0 Å². The maximum atomic E-state index is 9.00. The van der Waals surface area contributed by atoms with E-state index in [2.05, 4.69) is 9.97 Å². The van der Waals surface area contributed by atoms with Crippen LogP contribution >= 0.6 is 0 Å². The topological polar surface area (TPSA) is 84.2 Å². The number of nitrogens with one attached hydrogen (secondary N) is 1. The predicted molar refractivity (Wildman–Crippen MR) is 69.3 cm³/mol. The first-order valence-corrected chi connectivity index (χ1v) is 5.72. The third-order valence-corrected chi connectivity index (χ3v) is 2.79. The number of aromatic nitrogens is 2. The van der Waals surface area contributed by atoms with Gasteiger partial charge in [-0.3, -0.25) is 0 Å². The van der Waals surface area contributed by atoms with Gasteiger partial charge in [0.25, 0.3) is 0 Å². The van der Waals surface area contributed by atoms with Gasteiger partial charge in [0.15, 0.2) is 0 Å². The number of rotatable bonds is 4. The number of imidazole rings is 1. The van der Waals surface area contributed by atoms with Crippen molar-refractivity contribution in [1.82, 2.24) is 9.97 Å². The number of hydrogen-bond donors (Lipinski definition) is 3. The molecule has 0 aliphatic rings. The van der Waals surface area contributed by atoms with Crippen LogP contribution in [0.25, 0.3) is 11.3 Å². The molecule has 1 atom stereocenters. The summed E-state index contributed by atoms with van der Waals surface area (Å²) in [5, 5.41) is 9.00. The van der Waals surface area contributed by atoms with Gasteiger partial charge in [-0.1, -0.05) is 11.6 Å². The second-order valence-corrected chi connectivity index (χ2v) is 4.17. The summed E-state index contributed by atoms with van der Waals surface area (Å²) in [4.78, 5) is 7.28. The second kappa shape index (κ2) is 5.20. The molecule has 1 heterocycles. The summed E-state index contributed by atoms with van der Waals surface area (Å²) in [5.41, 5.74) is 8.60. The van der Waals surface area contributed by atoms with Crippen molar-refractivity contribution < 1.29 is 9.84 Å². The third kappa shape index (κ3) is 2.37. The molecule has 4 N–H and O–H groups in total. The Hall–Kier alpha value is -1.85. The minimum absolute atomic E-state index is 0.141. The van der Waals surface area contributed by atoms with Crippen LogP contribution in [0.15, 0.2) is 24.4 Å². The van der Waals surface area contributed by atoms with Crippen LogP contribution in [-0.2, 0) is 0 Å². The molecule has 1 aromatic carbocycles. The summed E-state index contributed by atoms with van der Waals surface area (Å²) in [5.74, 6) is 1.34. The molecule has 0 saturated heterocycles. The van der Waals surface area contributed by atoms with Gasteiger partial charge in [-0.15, -0.1) is 0 Å². The Balaban J connectivity index is 2.42. The molecular formula is C13H17N3O2. The number of ether oxygens (including phenoxy) is 1. The monoisotopic (exact) mass is 247 g/mol. The van der Waals surface area contributed by atoms with Crippen molar-refractivity contribution in [3.05, 3.63) is 35.8 Å². The molecular weight excluding hydrogens is 230 g/mol. The molecule has 1 aromatic heterocycles. The number of aromatic amines is 1. The zero-order valence-corrected chi connectivity index (χ0v) is 10.5. The highest BCUT2D eigenvalue weighted by Gasteiger charge is 2.12. The van der Waals surface area contributed by atoms with Crippen molar-refractivity contribution in [2.75, 3.05) is 13.7 Å². The summed E-state index contributed by atoms with van der Waals surface area (Å²) in [7, 11) is 1.63. The van der Waals surface area contributed by atoms with Gasteiger partial charge in [-0.2, -0.15) is 0 Å². The second-order valence-electron chi connectivity index (χ2n) is 4.17. The Bertz CT molecular complexity index is 537. The molecule has 2 aromatic rings. The fraction of sp³-hybridized carbons (Fsp3) is 0.308. The maximum Gasteiger partial charge on any atom is 0.128 e. The summed E-state index contributed by atoms with van der Waals surface area (Å²) in [6.45, 7) is 1.87. The molecule has 18 heavy (non-hydrogen) atoms. The van der Waals surface area contributed by atoms with E-state index in [1.807, 2.05) is 25.1 Å². The lowest BCUT2D eigenvalue weighted by molar-refractivity contribution is 0.264. The molecule has 0 radical (unpaired) electrons. The van der Waals surface area contributed by atoms with Crippen molar-refractivity contribution in [2.24, 2.45) is 5.73 Å². The molecule has 0 aliphatic carbocycles. The van der Waals surface area contributed by atoms with E-state index in [1.165, 1.54) is 0 Å². The number of aryl methyl sites for hydroxylation is 1. The minimum Gasteiger partial charge on any atom is -0.496 e. The van der Waals surface area contributed by atoms with Gasteiger partial charge in [-0.25, -0.2) is 4.98 Å². The maximum absolute atomic E-state index is 9.00. The molecule has 0 spiro atoms. The number of nitrogens with zero attached hydrogens (tertiary/aromatic N) is 1. The summed E-state index contributed by atoms with van der Waals surface area (Å²) >= 11 is 0. The van der Waals surface area contributed by atoms with E-state index in [0.717, 1.165) is 22.6 Å². The standard InChI is InChI=1S/C13H17N3O2/c1-8-3-4-12(18-2)9(5-8)11-6-15-13(16-11)10(14)7-17/h3-6,10,17H,7,14H2,1-2H3,(H,15,16). The molecule has 5 nitrogen and oxygen atoms in total. The van der Waals surface area contributed by atoms with Crippen molar-refractivity contribution in [2.45, 2.75) is 13.0 Å². The summed E-state index contributed by atoms with van der Waals surface area (Å²) in [6.07, 6.45) is 1.70. The van der Waals surface area contributed by atoms with E-state index in [1.54, 1.807) is 13.3 Å². The van der Waals surface area contributed by atoms with Gasteiger partial charge >= 0.3 is 0 Å². The summed E-state index contributed by atoms with van der Waals surface area (Å²) < 4.78 is 5.32. The Labute approximate surface area is 106 Å². The van der Waals surface area contributed by atoms with E-state index in [-0.39, 0.29) is 6.61 Å². The zero-order valence-electron chi connectivity index (χ0n) is 10.5. The number of hydrogen-bond acceptors (Lipinski definition) is 4. The number of nitrogens with two attached hydrogens (primary N) is 1. The van der Waals surface area contributed by atoms with Gasteiger partial charge < -0.3 is 20.6 Å². The zero-order chi connectivity index (χ0) is 13.1. The van der Waals surface area contributed by atoms with Crippen LogP contribution in [0.3, 0.4) is 0 Å². The van der Waals surface area contributed by atoms with Gasteiger partial charge in [0.2, 0.25) is 0 Å². The molecule has 0 fully saturated rings. The first-order valence-electron chi connectivity index (χ1n) is 5.72. The lowest BCUT2D eigenvalue weighted by Gasteiger charge is -2.08. The van der Waals surface area contributed by atoms with Crippen LogP contribution in [0.4, 0.5) is 0 Å². The number of benzene rings is 1. The fourth-order valence-corrected chi connectivity index (χ4v) is 1.78. The highest BCUT2D eigenvalue weighted by molar-refractivity contribution is 5.67. The van der Waals surface area contributed by atoms with E-state index in [0.29, 0.717) is 5.82 Å². The van der Waals surface area contributed by atoms with Crippen LogP contribution in [0.1, 0.15) is 17.4 Å². The van der Waals surface area contributed by atoms with E-state index < -0.39 is 6.04 Å². The van der Waals surface area contributed by atoms with Gasteiger partial charge in [-0.05, 0) is 19.1 Å². The van der Waals surface area contributed by atoms with E-state index in [4.69, 9.17) is 15.6 Å². The highest BCUT2D eigenvalue weighted by Crippen LogP contribution is 2.29. The van der Waals surface area contributed by atoms with Crippen molar-refractivity contribution in [1.29, 1.82) is 0 Å². The minimum atomic E-state index is -0.491. The normalized spacial score (nSPS) is 12.4. The van der Waals surface area contributed by atoms with Gasteiger partial charge in [0.05, 0.1) is 31.6 Å². The number of methoxy groups -OCH3 is 1. The predicted octanol–water partition coefficient (Wildman–Crippen LogP) is 1.39. The van der Waals surface area contributed by atoms with Crippen LogP contribution in [0.5, 0.6) is 5.75 Å². The molecule has 0 saturated carbocycles. The Morgan fingerprint density at radius 2 is 2.28 bits per heavy atom. The Kier molecular flexibility index (Phi) is 3.64. The molecule has 0 amide bonds. The van der Waals surface area contributed by atoms with Crippen LogP contribution in [-0.4, -0.2) is 28.8 Å². The van der Waals surface area contributed by atoms with Crippen LogP contribution in [0.2, 0.25) is 0 Å². The third-order valence-electron chi connectivity index (χ3n) is 2.79. The molecule has 0 aliphatic heterocycles. The molecule has 5 heteroatoms. The van der Waals surface area contributed by atoms with Crippen LogP contribution in [0, 0.1) is 6.92 Å². The van der Waals surface area contributed by atoms with Gasteiger partial charge in [0.1, 0.15) is 11.6 Å². The van der Waals surface area contributed by atoms with E-state index in [9.17, 15) is 0 Å². The smallest absolute Gasteiger partial charge is 0.128 e. The lowest BCUT2D eigenvalue weighted by atomic mass is 10.1. The van der Waals surface area contributed by atoms with Gasteiger partial charge in [0, 0.05) is 5.56 Å². The first kappa shape index (κ1) is 12.6. The molecule has 1 unspecified atom stereocenters. The average molecular weight is 247 g/mol. The summed E-state index contributed by atoms with van der Waals surface area (Å²) in [6, 6.07) is 5.42. The van der Waals surface area contributed by atoms with Crippen LogP contribution < -0.4 is 10.5 Å². The Morgan fingerprint density at radius 1 is 1.50 bits per heavy atom. The SMILES string of the molecule is COc1ccc(C)cc1-c1cnc(C(N)CO)[nH]1. The largest absolute Gasteiger partial charge is 0.496 e. The molecule has 0 bridgehead atoms. The molecule has 2 rings (SSSR count). The van der Waals surface area contributed by atoms with Crippen molar-refractivity contribution >= 4 is 0 Å².